The molecule has 1 aromatic heterocycles. The van der Waals surface area contributed by atoms with Crippen LogP contribution >= 0.6 is 0 Å². The van der Waals surface area contributed by atoms with Gasteiger partial charge in [0.2, 0.25) is 0 Å². The fourth-order valence-corrected chi connectivity index (χ4v) is 1.36. The number of carbonyl (C=O) groups is 1. The fourth-order valence-electron chi connectivity index (χ4n) is 1.36. The van der Waals surface area contributed by atoms with E-state index in [9.17, 15) is 18.0 Å². The summed E-state index contributed by atoms with van der Waals surface area (Å²) in [5.74, 6) is -2.33. The van der Waals surface area contributed by atoms with E-state index >= 15 is 0 Å². The summed E-state index contributed by atoms with van der Waals surface area (Å²) in [5, 5.41) is 0. The molecule has 0 fully saturated rings. The van der Waals surface area contributed by atoms with Crippen molar-refractivity contribution < 1.29 is 27.4 Å². The number of pyridine rings is 1. The quantitative estimate of drug-likeness (QED) is 0.765. The monoisotopic (exact) mass is 263 g/mol. The van der Waals surface area contributed by atoms with Crippen molar-refractivity contribution >= 4 is 5.97 Å². The molecule has 0 spiro atoms. The van der Waals surface area contributed by atoms with Crippen LogP contribution in [0.1, 0.15) is 24.6 Å². The first-order valence-electron chi connectivity index (χ1n) is 5.16. The first-order valence-corrected chi connectivity index (χ1v) is 5.16. The number of methoxy groups -OCH3 is 1. The second-order valence-electron chi connectivity index (χ2n) is 3.30. The molecule has 0 saturated heterocycles. The lowest BCUT2D eigenvalue weighted by Crippen LogP contribution is -2.11. The Morgan fingerprint density at radius 3 is 2.67 bits per heavy atom. The van der Waals surface area contributed by atoms with Crippen molar-refractivity contribution in [3.8, 4) is 5.75 Å². The van der Waals surface area contributed by atoms with Gasteiger partial charge in [-0.2, -0.15) is 0 Å². The molecule has 1 aromatic rings. The van der Waals surface area contributed by atoms with Crippen molar-refractivity contribution in [3.63, 3.8) is 0 Å². The molecule has 7 heteroatoms. The largest absolute Gasteiger partial charge is 0.492 e. The Bertz CT molecular complexity index is 438. The van der Waals surface area contributed by atoms with Gasteiger partial charge in [0.05, 0.1) is 20.1 Å². The van der Waals surface area contributed by atoms with Crippen LogP contribution in [0.5, 0.6) is 5.75 Å². The van der Waals surface area contributed by atoms with E-state index in [0.29, 0.717) is 0 Å². The van der Waals surface area contributed by atoms with Gasteiger partial charge in [-0.25, -0.2) is 13.2 Å². The Balaban J connectivity index is 3.05. The number of hydrogen-bond acceptors (Lipinski definition) is 4. The van der Waals surface area contributed by atoms with Gasteiger partial charge in [0, 0.05) is 11.8 Å². The minimum absolute atomic E-state index is 0.144. The highest BCUT2D eigenvalue weighted by atomic mass is 19.3. The van der Waals surface area contributed by atoms with E-state index in [2.05, 4.69) is 14.5 Å². The lowest BCUT2D eigenvalue weighted by molar-refractivity contribution is -0.142. The summed E-state index contributed by atoms with van der Waals surface area (Å²) in [4.78, 5) is 14.6. The number of hydrogen-bond donors (Lipinski definition) is 0. The molecule has 18 heavy (non-hydrogen) atoms. The minimum Gasteiger partial charge on any atom is -0.492 e. The molecule has 0 amide bonds. The van der Waals surface area contributed by atoms with E-state index in [1.54, 1.807) is 6.92 Å². The number of carbonyl (C=O) groups excluding carboxylic acids is 1. The third kappa shape index (κ3) is 3.12. The van der Waals surface area contributed by atoms with Crippen LogP contribution in [0.2, 0.25) is 0 Å². The fraction of sp³-hybridized carbons (Fsp3) is 0.455. The van der Waals surface area contributed by atoms with Gasteiger partial charge in [-0.3, -0.25) is 9.78 Å². The summed E-state index contributed by atoms with van der Waals surface area (Å²) in [7, 11) is 1.06. The molecule has 0 aliphatic carbocycles. The molecule has 0 radical (unpaired) electrons. The third-order valence-corrected chi connectivity index (χ3v) is 2.12. The average molecular weight is 263 g/mol. The van der Waals surface area contributed by atoms with Crippen LogP contribution in [0, 0.1) is 5.82 Å². The lowest BCUT2D eigenvalue weighted by atomic mass is 10.1. The van der Waals surface area contributed by atoms with E-state index in [1.165, 1.54) is 0 Å². The van der Waals surface area contributed by atoms with Crippen LogP contribution in [0.25, 0.3) is 0 Å². The van der Waals surface area contributed by atoms with Crippen molar-refractivity contribution in [2.24, 2.45) is 0 Å². The van der Waals surface area contributed by atoms with Gasteiger partial charge in [-0.1, -0.05) is 0 Å². The summed E-state index contributed by atoms with van der Waals surface area (Å²) in [6.45, 7) is 1.76. The van der Waals surface area contributed by atoms with E-state index in [1.807, 2.05) is 0 Å². The van der Waals surface area contributed by atoms with Crippen LogP contribution in [0.4, 0.5) is 13.2 Å². The first-order chi connectivity index (χ1) is 8.51. The second-order valence-corrected chi connectivity index (χ2v) is 3.30. The molecule has 0 saturated carbocycles. The standard InChI is InChI=1S/C11H12F3NO3/c1-3-18-7(16)4-6-5-15-9(11(13)14)10(17-2)8(6)12/h5,11H,3-4H2,1-2H3. The number of rotatable bonds is 5. The van der Waals surface area contributed by atoms with Crippen LogP contribution in [-0.4, -0.2) is 24.7 Å². The van der Waals surface area contributed by atoms with Crippen LogP contribution < -0.4 is 4.74 Å². The van der Waals surface area contributed by atoms with E-state index in [-0.39, 0.29) is 18.6 Å². The highest BCUT2D eigenvalue weighted by molar-refractivity contribution is 5.72. The molecular weight excluding hydrogens is 251 g/mol. The number of aromatic nitrogens is 1. The van der Waals surface area contributed by atoms with E-state index in [4.69, 9.17) is 0 Å². The van der Waals surface area contributed by atoms with Gasteiger partial charge < -0.3 is 9.47 Å². The average Bonchev–Trinajstić information content (AvgIpc) is 2.31. The van der Waals surface area contributed by atoms with Crippen molar-refractivity contribution in [2.45, 2.75) is 19.8 Å². The Morgan fingerprint density at radius 1 is 1.50 bits per heavy atom. The molecule has 0 aromatic carbocycles. The molecule has 4 nitrogen and oxygen atoms in total. The molecule has 0 aliphatic heterocycles. The van der Waals surface area contributed by atoms with Crippen molar-refractivity contribution in [1.29, 1.82) is 0 Å². The van der Waals surface area contributed by atoms with Gasteiger partial charge >= 0.3 is 5.97 Å². The number of alkyl halides is 2. The highest BCUT2D eigenvalue weighted by Crippen LogP contribution is 2.31. The number of ether oxygens (including phenoxy) is 2. The molecule has 0 aliphatic rings. The van der Waals surface area contributed by atoms with Gasteiger partial charge in [0.1, 0.15) is 0 Å². The normalized spacial score (nSPS) is 10.6. The van der Waals surface area contributed by atoms with Crippen LogP contribution in [0.3, 0.4) is 0 Å². The van der Waals surface area contributed by atoms with E-state index in [0.717, 1.165) is 13.3 Å². The van der Waals surface area contributed by atoms with Gasteiger partial charge in [0.25, 0.3) is 6.43 Å². The molecule has 1 rings (SSSR count). The molecule has 100 valence electrons. The third-order valence-electron chi connectivity index (χ3n) is 2.12. The summed E-state index contributed by atoms with van der Waals surface area (Å²) in [5.41, 5.74) is -0.933. The molecular formula is C11H12F3NO3. The first kappa shape index (κ1) is 14.3. The summed E-state index contributed by atoms with van der Waals surface area (Å²) < 4.78 is 48.0. The Labute approximate surface area is 102 Å². The summed E-state index contributed by atoms with van der Waals surface area (Å²) in [6, 6.07) is 0. The smallest absolute Gasteiger partial charge is 0.310 e. The summed E-state index contributed by atoms with van der Waals surface area (Å²) in [6.07, 6.45) is -2.45. The Morgan fingerprint density at radius 2 is 2.17 bits per heavy atom. The minimum atomic E-state index is -2.95. The SMILES string of the molecule is CCOC(=O)Cc1cnc(C(F)F)c(OC)c1F. The van der Waals surface area contributed by atoms with Crippen LogP contribution in [0.15, 0.2) is 6.20 Å². The van der Waals surface area contributed by atoms with Gasteiger partial charge in [-0.15, -0.1) is 0 Å². The molecule has 0 unspecified atom stereocenters. The van der Waals surface area contributed by atoms with Crippen LogP contribution in [-0.2, 0) is 16.0 Å². The predicted octanol–water partition coefficient (Wildman–Crippen LogP) is 2.27. The lowest BCUT2D eigenvalue weighted by Gasteiger charge is -2.10. The number of esters is 1. The maximum absolute atomic E-state index is 13.8. The van der Waals surface area contributed by atoms with E-state index < -0.39 is 29.7 Å². The zero-order valence-corrected chi connectivity index (χ0v) is 9.87. The zero-order valence-electron chi connectivity index (χ0n) is 9.87. The predicted molar refractivity (Wildman–Crippen MR) is 56.0 cm³/mol. The van der Waals surface area contributed by atoms with Gasteiger partial charge in [-0.05, 0) is 6.92 Å². The van der Waals surface area contributed by atoms with Gasteiger partial charge in [0.15, 0.2) is 17.3 Å². The molecule has 0 atom stereocenters. The number of nitrogens with zero attached hydrogens (tertiary/aromatic N) is 1. The zero-order chi connectivity index (χ0) is 13.7. The topological polar surface area (TPSA) is 48.4 Å². The van der Waals surface area contributed by atoms with Crippen molar-refractivity contribution in [2.75, 3.05) is 13.7 Å². The Hall–Kier alpha value is -1.79. The second kappa shape index (κ2) is 6.23. The number of halogens is 3. The molecule has 1 heterocycles. The van der Waals surface area contributed by atoms with Crippen molar-refractivity contribution in [1.82, 2.24) is 4.98 Å². The molecule has 0 bridgehead atoms. The van der Waals surface area contributed by atoms with Crippen molar-refractivity contribution in [3.05, 3.63) is 23.3 Å². The maximum atomic E-state index is 13.8. The highest BCUT2D eigenvalue weighted by Gasteiger charge is 2.23. The molecule has 0 N–H and O–H groups in total. The summed E-state index contributed by atoms with van der Waals surface area (Å²) >= 11 is 0. The Kier molecular flexibility index (Phi) is 4.94. The maximum Gasteiger partial charge on any atom is 0.310 e.